The maximum absolute atomic E-state index is 5.50. The average molecular weight is 206 g/mol. The number of hydrogen-bond donors (Lipinski definition) is 1. The largest absolute Gasteiger partial charge is 0.341 e. The standard InChI is InChI=1S/C11H18N4/c1-9-2-4-15(5-3-9)11-13-7-10(6-12)8-14-11/h7-9H,2-6,12H2,1H3. The molecular formula is C11H18N4. The third-order valence-corrected chi connectivity index (χ3v) is 2.99. The van der Waals surface area contributed by atoms with E-state index in [1.807, 2.05) is 12.4 Å². The summed E-state index contributed by atoms with van der Waals surface area (Å²) in [6, 6.07) is 0. The van der Waals surface area contributed by atoms with Crippen LogP contribution in [-0.2, 0) is 6.54 Å². The van der Waals surface area contributed by atoms with Crippen LogP contribution in [0.4, 0.5) is 5.95 Å². The second kappa shape index (κ2) is 4.57. The highest BCUT2D eigenvalue weighted by molar-refractivity contribution is 5.30. The highest BCUT2D eigenvalue weighted by Crippen LogP contribution is 2.19. The van der Waals surface area contributed by atoms with Gasteiger partial charge in [-0.1, -0.05) is 6.92 Å². The zero-order valence-corrected chi connectivity index (χ0v) is 9.19. The Labute approximate surface area is 90.5 Å². The monoisotopic (exact) mass is 206 g/mol. The number of rotatable bonds is 2. The fourth-order valence-electron chi connectivity index (χ4n) is 1.83. The number of nitrogens with zero attached hydrogens (tertiary/aromatic N) is 3. The van der Waals surface area contributed by atoms with Crippen LogP contribution < -0.4 is 10.6 Å². The van der Waals surface area contributed by atoms with Crippen LogP contribution in [0.3, 0.4) is 0 Å². The van der Waals surface area contributed by atoms with Crippen molar-refractivity contribution in [2.75, 3.05) is 18.0 Å². The van der Waals surface area contributed by atoms with Gasteiger partial charge in [-0.2, -0.15) is 0 Å². The molecule has 0 aliphatic carbocycles. The van der Waals surface area contributed by atoms with Crippen LogP contribution >= 0.6 is 0 Å². The molecule has 2 heterocycles. The number of anilines is 1. The second-order valence-electron chi connectivity index (χ2n) is 4.27. The third kappa shape index (κ3) is 2.45. The lowest BCUT2D eigenvalue weighted by Gasteiger charge is -2.30. The van der Waals surface area contributed by atoms with E-state index in [0.29, 0.717) is 6.54 Å². The molecule has 1 aliphatic rings. The lowest BCUT2D eigenvalue weighted by molar-refractivity contribution is 0.434. The van der Waals surface area contributed by atoms with Gasteiger partial charge in [0.2, 0.25) is 5.95 Å². The summed E-state index contributed by atoms with van der Waals surface area (Å²) in [5.41, 5.74) is 6.49. The van der Waals surface area contributed by atoms with Crippen molar-refractivity contribution < 1.29 is 0 Å². The average Bonchev–Trinajstić information content (AvgIpc) is 2.30. The molecule has 0 amide bonds. The Hall–Kier alpha value is -1.16. The predicted octanol–water partition coefficient (Wildman–Crippen LogP) is 1.17. The van der Waals surface area contributed by atoms with E-state index in [2.05, 4.69) is 21.8 Å². The molecule has 1 aromatic rings. The third-order valence-electron chi connectivity index (χ3n) is 2.99. The van der Waals surface area contributed by atoms with Crippen LogP contribution in [-0.4, -0.2) is 23.1 Å². The minimum atomic E-state index is 0.511. The van der Waals surface area contributed by atoms with Gasteiger partial charge in [0.1, 0.15) is 0 Å². The Bertz CT molecular complexity index is 301. The van der Waals surface area contributed by atoms with Crippen molar-refractivity contribution in [2.24, 2.45) is 11.7 Å². The van der Waals surface area contributed by atoms with Crippen molar-refractivity contribution in [3.63, 3.8) is 0 Å². The molecule has 2 N–H and O–H groups in total. The summed E-state index contributed by atoms with van der Waals surface area (Å²) in [5.74, 6) is 1.68. The lowest BCUT2D eigenvalue weighted by Crippen LogP contribution is -2.34. The highest BCUT2D eigenvalue weighted by Gasteiger charge is 2.17. The van der Waals surface area contributed by atoms with Gasteiger partial charge in [-0.25, -0.2) is 9.97 Å². The van der Waals surface area contributed by atoms with Crippen molar-refractivity contribution in [1.29, 1.82) is 0 Å². The van der Waals surface area contributed by atoms with Crippen LogP contribution in [0.5, 0.6) is 0 Å². The van der Waals surface area contributed by atoms with Gasteiger partial charge in [0, 0.05) is 37.6 Å². The number of hydrogen-bond acceptors (Lipinski definition) is 4. The van der Waals surface area contributed by atoms with Crippen LogP contribution in [0.25, 0.3) is 0 Å². The molecule has 1 saturated heterocycles. The summed E-state index contributed by atoms with van der Waals surface area (Å²) in [4.78, 5) is 10.9. The summed E-state index contributed by atoms with van der Waals surface area (Å²) in [6.45, 7) is 4.96. The smallest absolute Gasteiger partial charge is 0.225 e. The molecular weight excluding hydrogens is 188 g/mol. The Morgan fingerprint density at radius 2 is 1.93 bits per heavy atom. The molecule has 0 bridgehead atoms. The van der Waals surface area contributed by atoms with E-state index < -0.39 is 0 Å². The molecule has 15 heavy (non-hydrogen) atoms. The Morgan fingerprint density at radius 1 is 1.33 bits per heavy atom. The van der Waals surface area contributed by atoms with E-state index in [-0.39, 0.29) is 0 Å². The maximum Gasteiger partial charge on any atom is 0.225 e. The van der Waals surface area contributed by atoms with Gasteiger partial charge in [0.25, 0.3) is 0 Å². The van der Waals surface area contributed by atoms with Crippen LogP contribution in [0.15, 0.2) is 12.4 Å². The Balaban J connectivity index is 2.03. The van der Waals surface area contributed by atoms with Crippen LogP contribution in [0.2, 0.25) is 0 Å². The second-order valence-corrected chi connectivity index (χ2v) is 4.27. The lowest BCUT2D eigenvalue weighted by atomic mass is 10.00. The predicted molar refractivity (Wildman–Crippen MR) is 60.5 cm³/mol. The van der Waals surface area contributed by atoms with E-state index in [4.69, 9.17) is 5.73 Å². The van der Waals surface area contributed by atoms with Crippen molar-refractivity contribution in [2.45, 2.75) is 26.3 Å². The molecule has 1 fully saturated rings. The molecule has 0 spiro atoms. The van der Waals surface area contributed by atoms with Crippen molar-refractivity contribution in [3.8, 4) is 0 Å². The molecule has 4 nitrogen and oxygen atoms in total. The van der Waals surface area contributed by atoms with Crippen LogP contribution in [0.1, 0.15) is 25.3 Å². The minimum absolute atomic E-state index is 0.511. The molecule has 0 atom stereocenters. The molecule has 2 rings (SSSR count). The molecule has 0 saturated carbocycles. The van der Waals surface area contributed by atoms with Gasteiger partial charge in [-0.05, 0) is 18.8 Å². The SMILES string of the molecule is CC1CCN(c2ncc(CN)cn2)CC1. The molecule has 82 valence electrons. The van der Waals surface area contributed by atoms with Gasteiger partial charge in [0.15, 0.2) is 0 Å². The summed E-state index contributed by atoms with van der Waals surface area (Å²) in [7, 11) is 0. The quantitative estimate of drug-likeness (QED) is 0.789. The van der Waals surface area contributed by atoms with Crippen molar-refractivity contribution >= 4 is 5.95 Å². The van der Waals surface area contributed by atoms with Gasteiger partial charge < -0.3 is 10.6 Å². The Morgan fingerprint density at radius 3 is 2.47 bits per heavy atom. The zero-order valence-electron chi connectivity index (χ0n) is 9.19. The van der Waals surface area contributed by atoms with E-state index >= 15 is 0 Å². The highest BCUT2D eigenvalue weighted by atomic mass is 15.2. The number of aromatic nitrogens is 2. The summed E-state index contributed by atoms with van der Waals surface area (Å²) < 4.78 is 0. The summed E-state index contributed by atoms with van der Waals surface area (Å²) in [6.07, 6.45) is 6.12. The number of nitrogens with two attached hydrogens (primary N) is 1. The fraction of sp³-hybridized carbons (Fsp3) is 0.636. The van der Waals surface area contributed by atoms with E-state index in [1.54, 1.807) is 0 Å². The van der Waals surface area contributed by atoms with Gasteiger partial charge in [-0.15, -0.1) is 0 Å². The Kier molecular flexibility index (Phi) is 3.16. The molecule has 1 aromatic heterocycles. The molecule has 0 radical (unpaired) electrons. The summed E-state index contributed by atoms with van der Waals surface area (Å²) in [5, 5.41) is 0. The first-order valence-corrected chi connectivity index (χ1v) is 5.55. The van der Waals surface area contributed by atoms with Crippen LogP contribution in [0, 0.1) is 5.92 Å². The van der Waals surface area contributed by atoms with Gasteiger partial charge in [-0.3, -0.25) is 0 Å². The topological polar surface area (TPSA) is 55.0 Å². The maximum atomic E-state index is 5.50. The first-order chi connectivity index (χ1) is 7.29. The van der Waals surface area contributed by atoms with Crippen molar-refractivity contribution in [1.82, 2.24) is 9.97 Å². The van der Waals surface area contributed by atoms with Gasteiger partial charge >= 0.3 is 0 Å². The van der Waals surface area contributed by atoms with Crippen molar-refractivity contribution in [3.05, 3.63) is 18.0 Å². The first-order valence-electron chi connectivity index (χ1n) is 5.55. The molecule has 0 unspecified atom stereocenters. The van der Waals surface area contributed by atoms with E-state index in [1.165, 1.54) is 12.8 Å². The van der Waals surface area contributed by atoms with E-state index in [0.717, 1.165) is 30.5 Å². The summed E-state index contributed by atoms with van der Waals surface area (Å²) >= 11 is 0. The fourth-order valence-corrected chi connectivity index (χ4v) is 1.83. The molecule has 1 aliphatic heterocycles. The molecule has 4 heteroatoms. The first kappa shape index (κ1) is 10.4. The number of piperidine rings is 1. The van der Waals surface area contributed by atoms with Gasteiger partial charge in [0.05, 0.1) is 0 Å². The minimum Gasteiger partial charge on any atom is -0.341 e. The zero-order chi connectivity index (χ0) is 10.7. The van der Waals surface area contributed by atoms with E-state index in [9.17, 15) is 0 Å². The molecule has 0 aromatic carbocycles. The normalized spacial score (nSPS) is 18.1.